The van der Waals surface area contributed by atoms with Crippen molar-refractivity contribution in [2.45, 2.75) is 55.4 Å². The SMILES string of the molecule is C=C[C@]1(C)CC[C@@H](C(=C)CN2CCN(CCOC(=O)CCCC(=O)OCC#CCOc3no[n+](O)c3S(=O)(=O)c3ccccc3)CC2)C[C@H]1C(=C)CCl. The van der Waals surface area contributed by atoms with Gasteiger partial charge in [-0.3, -0.25) is 19.4 Å². The molecule has 2 fully saturated rings. The number of nitrogens with zero attached hydrogens (tertiary/aromatic N) is 4. The molecule has 1 aliphatic heterocycles. The molecule has 0 spiro atoms. The molecule has 0 bridgehead atoms. The summed E-state index contributed by atoms with van der Waals surface area (Å²) in [4.78, 5) is 28.9. The van der Waals surface area contributed by atoms with Gasteiger partial charge in [-0.1, -0.05) is 67.3 Å². The maximum absolute atomic E-state index is 12.8. The lowest BCUT2D eigenvalue weighted by Crippen LogP contribution is -2.48. The number of sulfone groups is 1. The van der Waals surface area contributed by atoms with E-state index < -0.39 is 26.7 Å². The standard InChI is InChI=1S/C38H50ClN4O9S/c1-5-38(4)17-16-31(26-33(38)29(2)27-39)30(3)28-42-20-18-41(19-21-42)22-25-50-35(45)15-11-14-34(44)49-23-9-10-24-51-36-37(43(46)52-40-36)53(47,48)32-12-7-6-8-13-32/h5-8,12-13,31,33,46H,1-3,11,14-28H2,4H3/q+1/t31-,33+,38-/m1/s1. The first-order valence-corrected chi connectivity index (χ1v) is 19.7. The van der Waals surface area contributed by atoms with E-state index >= 15 is 0 Å². The van der Waals surface area contributed by atoms with Gasteiger partial charge in [0, 0.05) is 58.0 Å². The number of carbonyl (C=O) groups is 2. The largest absolute Gasteiger partial charge is 0.464 e. The van der Waals surface area contributed by atoms with Gasteiger partial charge in [-0.2, -0.15) is 0 Å². The molecule has 1 aromatic heterocycles. The minimum Gasteiger partial charge on any atom is -0.464 e. The second kappa shape index (κ2) is 19.8. The van der Waals surface area contributed by atoms with Crippen molar-refractivity contribution in [2.24, 2.45) is 17.3 Å². The second-order valence-corrected chi connectivity index (χ2v) is 15.7. The quantitative estimate of drug-likeness (QED) is 0.0758. The lowest BCUT2D eigenvalue weighted by atomic mass is 9.61. The van der Waals surface area contributed by atoms with E-state index in [4.69, 9.17) is 25.8 Å². The van der Waals surface area contributed by atoms with Crippen molar-refractivity contribution in [3.05, 3.63) is 67.3 Å². The van der Waals surface area contributed by atoms with E-state index in [9.17, 15) is 23.2 Å². The van der Waals surface area contributed by atoms with E-state index in [-0.39, 0.29) is 60.3 Å². The number of halogens is 1. The molecule has 288 valence electrons. The monoisotopic (exact) mass is 773 g/mol. The number of piperazine rings is 1. The number of alkyl halides is 1. The van der Waals surface area contributed by atoms with E-state index in [1.807, 2.05) is 0 Å². The van der Waals surface area contributed by atoms with E-state index in [2.05, 4.69) is 64.2 Å². The van der Waals surface area contributed by atoms with Crippen LogP contribution in [-0.2, 0) is 28.9 Å². The number of hydrogen-bond donors (Lipinski definition) is 1. The Kier molecular flexibility index (Phi) is 15.5. The van der Waals surface area contributed by atoms with Gasteiger partial charge < -0.3 is 19.4 Å². The van der Waals surface area contributed by atoms with Crippen molar-refractivity contribution in [2.75, 3.05) is 65.0 Å². The van der Waals surface area contributed by atoms with Crippen LogP contribution in [-0.4, -0.2) is 105 Å². The van der Waals surface area contributed by atoms with E-state index in [0.29, 0.717) is 24.3 Å². The van der Waals surface area contributed by atoms with Crippen LogP contribution in [0.2, 0.25) is 0 Å². The van der Waals surface area contributed by atoms with E-state index in [1.54, 1.807) is 6.07 Å². The number of allylic oxidation sites excluding steroid dienone is 2. The molecule has 1 N–H and O–H groups in total. The van der Waals surface area contributed by atoms with Crippen LogP contribution in [0.15, 0.2) is 81.8 Å². The molecular formula is C38H50ClN4O9S+. The summed E-state index contributed by atoms with van der Waals surface area (Å²) in [5.74, 6) is 4.99. The Morgan fingerprint density at radius 2 is 1.74 bits per heavy atom. The van der Waals surface area contributed by atoms with Gasteiger partial charge in [-0.15, -0.1) is 18.2 Å². The summed E-state index contributed by atoms with van der Waals surface area (Å²) in [5, 5.41) is 12.5. The van der Waals surface area contributed by atoms with Crippen LogP contribution in [0, 0.1) is 29.1 Å². The van der Waals surface area contributed by atoms with Gasteiger partial charge in [0.1, 0.15) is 6.61 Å². The zero-order valence-corrected chi connectivity index (χ0v) is 31.9. The minimum atomic E-state index is -4.19. The number of ether oxygens (including phenoxy) is 3. The lowest BCUT2D eigenvalue weighted by molar-refractivity contribution is -1.06. The van der Waals surface area contributed by atoms with Crippen LogP contribution in [0.1, 0.15) is 45.4 Å². The fraction of sp³-hybridized carbons (Fsp3) is 0.526. The normalized spacial score (nSPS) is 20.8. The predicted molar refractivity (Wildman–Crippen MR) is 196 cm³/mol. The molecule has 4 rings (SSSR count). The summed E-state index contributed by atoms with van der Waals surface area (Å²) in [6, 6.07) is 7.39. The predicted octanol–water partition coefficient (Wildman–Crippen LogP) is 4.25. The summed E-state index contributed by atoms with van der Waals surface area (Å²) < 4.78 is 45.8. The molecule has 2 aromatic rings. The maximum atomic E-state index is 12.8. The van der Waals surface area contributed by atoms with Crippen LogP contribution >= 0.6 is 11.6 Å². The highest BCUT2D eigenvalue weighted by Gasteiger charge is 2.41. The van der Waals surface area contributed by atoms with Crippen molar-refractivity contribution in [3.8, 4) is 17.7 Å². The van der Waals surface area contributed by atoms with Gasteiger partial charge in [0.15, 0.2) is 18.1 Å². The Morgan fingerprint density at radius 3 is 2.42 bits per heavy atom. The van der Waals surface area contributed by atoms with Crippen molar-refractivity contribution in [1.29, 1.82) is 0 Å². The van der Waals surface area contributed by atoms with Crippen molar-refractivity contribution >= 4 is 33.4 Å². The van der Waals surface area contributed by atoms with Crippen LogP contribution < -0.4 is 9.64 Å². The summed E-state index contributed by atoms with van der Waals surface area (Å²) in [7, 11) is -4.19. The molecule has 0 amide bonds. The summed E-state index contributed by atoms with van der Waals surface area (Å²) in [6.07, 6.45) is 5.62. The first-order valence-electron chi connectivity index (χ1n) is 17.7. The second-order valence-electron chi connectivity index (χ2n) is 13.6. The highest BCUT2D eigenvalue weighted by molar-refractivity contribution is 7.91. The van der Waals surface area contributed by atoms with Crippen LogP contribution in [0.25, 0.3) is 0 Å². The fourth-order valence-corrected chi connectivity index (χ4v) is 8.13. The topological polar surface area (TPSA) is 153 Å². The first-order chi connectivity index (χ1) is 25.4. The molecule has 1 saturated carbocycles. The van der Waals surface area contributed by atoms with Crippen molar-refractivity contribution in [3.63, 3.8) is 0 Å². The van der Waals surface area contributed by atoms with Crippen LogP contribution in [0.5, 0.6) is 5.88 Å². The molecule has 0 radical (unpaired) electrons. The highest BCUT2D eigenvalue weighted by atomic mass is 35.5. The molecule has 13 nitrogen and oxygen atoms in total. The van der Waals surface area contributed by atoms with Crippen molar-refractivity contribution in [1.82, 2.24) is 15.0 Å². The summed E-state index contributed by atoms with van der Waals surface area (Å²) in [5.41, 5.74) is 2.38. The number of esters is 2. The Balaban J connectivity index is 1.04. The van der Waals surface area contributed by atoms with Gasteiger partial charge in [-0.25, -0.2) is 8.42 Å². The van der Waals surface area contributed by atoms with Gasteiger partial charge in [0.25, 0.3) is 9.84 Å². The summed E-state index contributed by atoms with van der Waals surface area (Å²) >= 11 is 6.18. The Hall–Kier alpha value is -4.16. The highest BCUT2D eigenvalue weighted by Crippen LogP contribution is 2.49. The Morgan fingerprint density at radius 1 is 1.08 bits per heavy atom. The third kappa shape index (κ3) is 11.7. The zero-order valence-electron chi connectivity index (χ0n) is 30.3. The maximum Gasteiger partial charge on any atom is 0.446 e. The molecule has 53 heavy (non-hydrogen) atoms. The van der Waals surface area contributed by atoms with Gasteiger partial charge in [0.05, 0.1) is 4.90 Å². The van der Waals surface area contributed by atoms with Gasteiger partial charge >= 0.3 is 22.8 Å². The van der Waals surface area contributed by atoms with Crippen molar-refractivity contribution < 1.29 is 47.0 Å². The molecule has 1 aliphatic carbocycles. The lowest BCUT2D eigenvalue weighted by Gasteiger charge is -2.45. The van der Waals surface area contributed by atoms with E-state index in [1.165, 1.54) is 29.8 Å². The van der Waals surface area contributed by atoms with Crippen LogP contribution in [0.4, 0.5) is 0 Å². The average Bonchev–Trinajstić information content (AvgIpc) is 3.54. The molecule has 3 atom stereocenters. The average molecular weight is 774 g/mol. The minimum absolute atomic E-state index is 0.00219. The Labute approximate surface area is 317 Å². The first kappa shape index (κ1) is 41.6. The molecule has 0 unspecified atom stereocenters. The number of benzene rings is 1. The van der Waals surface area contributed by atoms with Gasteiger partial charge in [-0.05, 0) is 59.7 Å². The number of hydrogen-bond acceptors (Lipinski definition) is 12. The molecule has 2 heterocycles. The third-order valence-corrected chi connectivity index (χ3v) is 12.0. The number of carbonyl (C=O) groups excluding carboxylic acids is 2. The van der Waals surface area contributed by atoms with Gasteiger partial charge in [0.2, 0.25) is 5.16 Å². The molecule has 2 aliphatic rings. The van der Waals surface area contributed by atoms with Crippen LogP contribution in [0.3, 0.4) is 0 Å². The Bertz CT molecular complexity index is 1760. The number of rotatable bonds is 18. The zero-order chi connectivity index (χ0) is 38.4. The smallest absolute Gasteiger partial charge is 0.446 e. The fourth-order valence-electron chi connectivity index (χ4n) is 6.64. The molecule has 1 aromatic carbocycles. The molecular weight excluding hydrogens is 724 g/mol. The summed E-state index contributed by atoms with van der Waals surface area (Å²) in [6.45, 7) is 20.0. The number of aromatic nitrogens is 2. The molecule has 1 saturated heterocycles. The third-order valence-electron chi connectivity index (χ3n) is 9.96. The van der Waals surface area contributed by atoms with E-state index in [0.717, 1.165) is 57.6 Å². The molecule has 15 heteroatoms.